The lowest BCUT2D eigenvalue weighted by Crippen LogP contribution is -2.47. The Kier molecular flexibility index (Phi) is 7.62. The topological polar surface area (TPSA) is 116 Å². The van der Waals surface area contributed by atoms with Gasteiger partial charge in [0.15, 0.2) is 0 Å². The van der Waals surface area contributed by atoms with Gasteiger partial charge < -0.3 is 24.5 Å². The largest absolute Gasteiger partial charge is 0.385 e. The molecule has 6 rings (SSSR count). The summed E-state index contributed by atoms with van der Waals surface area (Å²) in [5.41, 5.74) is 9.46. The molecule has 2 aromatic carbocycles. The molecular formula is C30H38N6O4S. The minimum atomic E-state index is -3.79. The van der Waals surface area contributed by atoms with Crippen molar-refractivity contribution in [3.05, 3.63) is 60.6 Å². The molecule has 3 atom stereocenters. The Labute approximate surface area is 240 Å². The Morgan fingerprint density at radius 3 is 2.76 bits per heavy atom. The number of sulfonamides is 1. The molecule has 2 N–H and O–H groups in total. The van der Waals surface area contributed by atoms with Gasteiger partial charge in [-0.2, -0.15) is 4.31 Å². The maximum atomic E-state index is 13.8. The molecule has 41 heavy (non-hydrogen) atoms. The highest BCUT2D eigenvalue weighted by molar-refractivity contribution is 7.89. The molecule has 218 valence electrons. The number of rotatable bonds is 8. The van der Waals surface area contributed by atoms with Crippen LogP contribution in [0.4, 0.5) is 0 Å². The molecule has 2 aliphatic rings. The number of hydrogen-bond acceptors (Lipinski definition) is 6. The van der Waals surface area contributed by atoms with Gasteiger partial charge in [-0.25, -0.2) is 13.4 Å². The minimum absolute atomic E-state index is 0.0690. The van der Waals surface area contributed by atoms with Gasteiger partial charge in [0.05, 0.1) is 21.8 Å². The fourth-order valence-electron chi connectivity index (χ4n) is 6.45. The monoisotopic (exact) mass is 578 g/mol. The number of benzene rings is 2. The standard InChI is InChI=1S/C30H38N6O4S/c1-33-15-12-21-17-23(10-11-27(21)33)41(38,39)35-19-24(25(31)20-35)30(37)34-13-5-7-22(18-34)29-32-26-8-3-4-9-28(26)36(29)14-6-16-40-2/h3-4,8-12,15,17,22,24-25H,5-7,13-14,16,18-20,31H2,1-2H3/t22-,24-,25-/m1/s1. The number of amides is 1. The molecule has 2 aliphatic heterocycles. The van der Waals surface area contributed by atoms with Gasteiger partial charge in [0.1, 0.15) is 5.82 Å². The number of methoxy groups -OCH3 is 1. The van der Waals surface area contributed by atoms with Crippen LogP contribution in [0.3, 0.4) is 0 Å². The second-order valence-corrected chi connectivity index (χ2v) is 13.3. The predicted octanol–water partition coefficient (Wildman–Crippen LogP) is 2.92. The van der Waals surface area contributed by atoms with E-state index in [9.17, 15) is 13.2 Å². The van der Waals surface area contributed by atoms with Crippen molar-refractivity contribution in [2.45, 2.75) is 42.7 Å². The predicted molar refractivity (Wildman–Crippen MR) is 158 cm³/mol. The molecular weight excluding hydrogens is 540 g/mol. The zero-order chi connectivity index (χ0) is 28.7. The molecule has 0 bridgehead atoms. The van der Waals surface area contributed by atoms with Crippen LogP contribution < -0.4 is 5.73 Å². The second kappa shape index (κ2) is 11.2. The smallest absolute Gasteiger partial charge is 0.243 e. The lowest BCUT2D eigenvalue weighted by molar-refractivity contribution is -0.136. The molecule has 0 aliphatic carbocycles. The van der Waals surface area contributed by atoms with Gasteiger partial charge in [-0.05, 0) is 55.7 Å². The third-order valence-electron chi connectivity index (χ3n) is 8.66. The average molecular weight is 579 g/mol. The zero-order valence-electron chi connectivity index (χ0n) is 23.6. The van der Waals surface area contributed by atoms with Crippen LogP contribution in [-0.4, -0.2) is 83.6 Å². The number of carbonyl (C=O) groups excluding carboxylic acids is 1. The summed E-state index contributed by atoms with van der Waals surface area (Å²) in [5.74, 6) is 0.443. The minimum Gasteiger partial charge on any atom is -0.385 e. The van der Waals surface area contributed by atoms with E-state index in [4.69, 9.17) is 15.5 Å². The molecule has 2 aromatic heterocycles. The fourth-order valence-corrected chi connectivity index (χ4v) is 7.99. The maximum absolute atomic E-state index is 13.8. The summed E-state index contributed by atoms with van der Waals surface area (Å²) >= 11 is 0. The van der Waals surface area contributed by atoms with Gasteiger partial charge in [-0.3, -0.25) is 4.79 Å². The van der Waals surface area contributed by atoms with E-state index >= 15 is 0 Å². The van der Waals surface area contributed by atoms with Crippen molar-refractivity contribution in [2.75, 3.05) is 39.9 Å². The van der Waals surface area contributed by atoms with Crippen LogP contribution >= 0.6 is 0 Å². The van der Waals surface area contributed by atoms with Crippen molar-refractivity contribution in [2.24, 2.45) is 18.7 Å². The third-order valence-corrected chi connectivity index (χ3v) is 10.5. The van der Waals surface area contributed by atoms with Crippen LogP contribution in [0.1, 0.15) is 31.0 Å². The number of piperidine rings is 1. The Morgan fingerprint density at radius 1 is 1.10 bits per heavy atom. The van der Waals surface area contributed by atoms with Gasteiger partial charge >= 0.3 is 0 Å². The number of para-hydroxylation sites is 2. The summed E-state index contributed by atoms with van der Waals surface area (Å²) in [4.78, 5) is 20.9. The van der Waals surface area contributed by atoms with Crippen molar-refractivity contribution in [1.29, 1.82) is 0 Å². The molecule has 4 heterocycles. The number of ether oxygens (including phenoxy) is 1. The zero-order valence-corrected chi connectivity index (χ0v) is 24.5. The first-order valence-electron chi connectivity index (χ1n) is 14.3. The van der Waals surface area contributed by atoms with Crippen molar-refractivity contribution in [3.63, 3.8) is 0 Å². The normalized spacial score (nSPS) is 22.2. The maximum Gasteiger partial charge on any atom is 0.243 e. The van der Waals surface area contributed by atoms with Crippen molar-refractivity contribution in [1.82, 2.24) is 23.3 Å². The van der Waals surface area contributed by atoms with Crippen molar-refractivity contribution < 1.29 is 17.9 Å². The van der Waals surface area contributed by atoms with Crippen molar-refractivity contribution >= 4 is 37.9 Å². The average Bonchev–Trinajstić information content (AvgIpc) is 3.68. The van der Waals surface area contributed by atoms with E-state index in [1.807, 2.05) is 53.0 Å². The first kappa shape index (κ1) is 27.9. The molecule has 0 spiro atoms. The lowest BCUT2D eigenvalue weighted by atomic mass is 9.94. The van der Waals surface area contributed by atoms with Gasteiger partial charge in [0, 0.05) is 82.5 Å². The highest BCUT2D eigenvalue weighted by Crippen LogP contribution is 2.32. The number of fused-ring (bicyclic) bond motifs is 2. The second-order valence-electron chi connectivity index (χ2n) is 11.3. The number of carbonyl (C=O) groups is 1. The first-order valence-corrected chi connectivity index (χ1v) is 15.8. The fraction of sp³-hybridized carbons (Fsp3) is 0.467. The van der Waals surface area contributed by atoms with E-state index in [0.29, 0.717) is 19.7 Å². The molecule has 2 saturated heterocycles. The molecule has 0 radical (unpaired) electrons. The summed E-state index contributed by atoms with van der Waals surface area (Å²) in [5, 5.41) is 0.859. The highest BCUT2D eigenvalue weighted by Gasteiger charge is 2.43. The van der Waals surface area contributed by atoms with E-state index in [2.05, 4.69) is 10.6 Å². The number of aromatic nitrogens is 3. The quantitative estimate of drug-likeness (QED) is 0.322. The van der Waals surface area contributed by atoms with Gasteiger partial charge in [-0.1, -0.05) is 12.1 Å². The molecule has 11 heteroatoms. The summed E-state index contributed by atoms with van der Waals surface area (Å²) in [6.45, 7) is 2.86. The van der Waals surface area contributed by atoms with Crippen molar-refractivity contribution in [3.8, 4) is 0 Å². The first-order chi connectivity index (χ1) is 19.8. The van der Waals surface area contributed by atoms with E-state index in [1.165, 1.54) is 4.31 Å². The Morgan fingerprint density at radius 2 is 1.93 bits per heavy atom. The summed E-state index contributed by atoms with van der Waals surface area (Å²) in [7, 11) is -0.154. The molecule has 2 fully saturated rings. The number of likely N-dealkylation sites (tertiary alicyclic amines) is 1. The van der Waals surface area contributed by atoms with Gasteiger partial charge in [0.2, 0.25) is 15.9 Å². The molecule has 0 saturated carbocycles. The van der Waals surface area contributed by atoms with Crippen LogP contribution in [0.15, 0.2) is 59.6 Å². The summed E-state index contributed by atoms with van der Waals surface area (Å²) in [6, 6.07) is 14.6. The van der Waals surface area contributed by atoms with Crippen LogP contribution in [-0.2, 0) is 33.1 Å². The van der Waals surface area contributed by atoms with E-state index < -0.39 is 22.0 Å². The Bertz CT molecular complexity index is 1680. The van der Waals surface area contributed by atoms with E-state index in [-0.39, 0.29) is 29.8 Å². The number of nitrogens with zero attached hydrogens (tertiary/aromatic N) is 5. The molecule has 0 unspecified atom stereocenters. The molecule has 10 nitrogen and oxygen atoms in total. The van der Waals surface area contributed by atoms with Crippen LogP contribution in [0.5, 0.6) is 0 Å². The van der Waals surface area contributed by atoms with E-state index in [1.54, 1.807) is 19.2 Å². The molecule has 4 aromatic rings. The Hall–Kier alpha value is -3.25. The summed E-state index contributed by atoms with van der Waals surface area (Å²) < 4.78 is 38.0. The number of aryl methyl sites for hydroxylation is 2. The molecule has 1 amide bonds. The lowest BCUT2D eigenvalue weighted by Gasteiger charge is -2.35. The van der Waals surface area contributed by atoms with Crippen LogP contribution in [0.25, 0.3) is 21.9 Å². The highest BCUT2D eigenvalue weighted by atomic mass is 32.2. The van der Waals surface area contributed by atoms with Gasteiger partial charge in [-0.15, -0.1) is 0 Å². The third kappa shape index (κ3) is 5.16. The van der Waals surface area contributed by atoms with E-state index in [0.717, 1.165) is 53.6 Å². The van der Waals surface area contributed by atoms with Crippen LogP contribution in [0.2, 0.25) is 0 Å². The van der Waals surface area contributed by atoms with Crippen LogP contribution in [0, 0.1) is 5.92 Å². The van der Waals surface area contributed by atoms with Gasteiger partial charge in [0.25, 0.3) is 0 Å². The number of nitrogens with two attached hydrogens (primary N) is 1. The SMILES string of the molecule is COCCCn1c([C@@H]2CCCN(C(=O)[C@@H]3CN(S(=O)(=O)c4ccc5c(ccn5C)c4)C[C@H]3N)C2)nc2ccccc21. The Balaban J connectivity index is 1.19. The summed E-state index contributed by atoms with van der Waals surface area (Å²) in [6.07, 6.45) is 4.58. The number of hydrogen-bond donors (Lipinski definition) is 1. The number of imidazole rings is 1.